The highest BCUT2D eigenvalue weighted by molar-refractivity contribution is 7.99. The van der Waals surface area contributed by atoms with Gasteiger partial charge in [0.05, 0.1) is 23.7 Å². The number of imide groups is 1. The number of piperidine rings is 1. The van der Waals surface area contributed by atoms with E-state index in [-0.39, 0.29) is 29.2 Å². The Morgan fingerprint density at radius 2 is 1.54 bits per heavy atom. The summed E-state index contributed by atoms with van der Waals surface area (Å²) in [5.41, 5.74) is 0.813. The SMILES string of the molecule is C[C@@]1(CN2CCCN(CC#Cc3ccc4c(c3)CN(C3CCC(=O)NC3=O)C4=O)CC2)CCC(c2ccc(Cl)cc2)=C(CN2CCN(c3ccc(C(=O)NS(=O)(=O)c4ccc(N[C@H](CCN5CCCOCC5)CSc5ccccc5)c(S(=O)(=O)C(F)(F)F)c4)cc3)CC2)C1. The summed E-state index contributed by atoms with van der Waals surface area (Å²) in [7, 11) is -11.0. The van der Waals surface area contributed by atoms with Crippen molar-refractivity contribution in [1.29, 1.82) is 0 Å². The van der Waals surface area contributed by atoms with Crippen molar-refractivity contribution in [2.75, 3.05) is 121 Å². The van der Waals surface area contributed by atoms with Gasteiger partial charge in [-0.05, 0) is 159 Å². The predicted molar refractivity (Wildman–Crippen MR) is 358 cm³/mol. The maximum absolute atomic E-state index is 14.4. The second-order valence-corrected chi connectivity index (χ2v) is 30.6. The van der Waals surface area contributed by atoms with Crippen molar-refractivity contribution in [2.24, 2.45) is 5.41 Å². The Hall–Kier alpha value is -6.79. The van der Waals surface area contributed by atoms with Gasteiger partial charge in [-0.3, -0.25) is 34.3 Å². The molecule has 4 saturated heterocycles. The molecule has 5 aromatic rings. The number of carbonyl (C=O) groups excluding carboxylic acids is 4. The van der Waals surface area contributed by atoms with E-state index in [4.69, 9.17) is 16.3 Å². The molecule has 25 heteroatoms. The van der Waals surface area contributed by atoms with E-state index in [1.807, 2.05) is 59.3 Å². The van der Waals surface area contributed by atoms with Crippen molar-refractivity contribution >= 4 is 83.8 Å². The van der Waals surface area contributed by atoms with Crippen LogP contribution < -0.4 is 20.3 Å². The number of carbonyl (C=O) groups is 4. The van der Waals surface area contributed by atoms with Crippen molar-refractivity contribution < 1.29 is 53.9 Å². The number of hydrogen-bond acceptors (Lipinski definition) is 16. The molecule has 11 rings (SSSR count). The molecular weight excluding hydrogens is 1290 g/mol. The van der Waals surface area contributed by atoms with Gasteiger partial charge in [0.1, 0.15) is 10.9 Å². The Bertz CT molecular complexity index is 3920. The van der Waals surface area contributed by atoms with Crippen LogP contribution in [0.2, 0.25) is 5.02 Å². The monoisotopic (exact) mass is 1370 g/mol. The van der Waals surface area contributed by atoms with Crippen LogP contribution in [-0.2, 0) is 40.7 Å². The van der Waals surface area contributed by atoms with Crippen molar-refractivity contribution in [2.45, 2.75) is 97.1 Å². The number of fused-ring (bicyclic) bond motifs is 1. The summed E-state index contributed by atoms with van der Waals surface area (Å²) in [6.45, 7) is 14.9. The van der Waals surface area contributed by atoms with Gasteiger partial charge >= 0.3 is 5.51 Å². The van der Waals surface area contributed by atoms with E-state index >= 15 is 0 Å². The fraction of sp³-hybridized carbons (Fsp3) is 0.449. The van der Waals surface area contributed by atoms with Crippen LogP contribution in [0.3, 0.4) is 0 Å². The molecule has 6 aliphatic rings. The third kappa shape index (κ3) is 17.1. The van der Waals surface area contributed by atoms with Crippen LogP contribution in [-0.4, -0.2) is 193 Å². The number of amides is 4. The Balaban J connectivity index is 0.689. The minimum atomic E-state index is -6.10. The maximum atomic E-state index is 14.4. The largest absolute Gasteiger partial charge is 0.501 e. The van der Waals surface area contributed by atoms with Crippen LogP contribution >= 0.6 is 23.4 Å². The number of hydrogen-bond donors (Lipinski definition) is 3. The number of allylic oxidation sites excluding steroid dienone is 1. The van der Waals surface area contributed by atoms with E-state index in [2.05, 4.69) is 66.0 Å². The first-order valence-electron chi connectivity index (χ1n) is 32.1. The molecule has 0 radical (unpaired) electrons. The number of halogens is 4. The zero-order valence-electron chi connectivity index (χ0n) is 52.6. The normalized spacial score (nSPS) is 21.2. The first-order chi connectivity index (χ1) is 45.1. The molecule has 0 aromatic heterocycles. The molecular formula is C69H79ClF3N9O9S3. The number of rotatable bonds is 20. The molecule has 1 aliphatic carbocycles. The summed E-state index contributed by atoms with van der Waals surface area (Å²) in [5, 5.41) is 6.06. The fourth-order valence-electron chi connectivity index (χ4n) is 13.5. The molecule has 0 saturated carbocycles. The summed E-state index contributed by atoms with van der Waals surface area (Å²) in [4.78, 5) is 63.4. The minimum absolute atomic E-state index is 0.0246. The van der Waals surface area contributed by atoms with Gasteiger partial charge in [-0.1, -0.05) is 66.3 Å². The Kier molecular flexibility index (Phi) is 22.0. The molecule has 5 aromatic carbocycles. The molecule has 5 heterocycles. The number of ether oxygens (including phenoxy) is 1. The lowest BCUT2D eigenvalue weighted by Crippen LogP contribution is -2.52. The number of thioether (sulfide) groups is 1. The van der Waals surface area contributed by atoms with Crippen molar-refractivity contribution in [3.63, 3.8) is 0 Å². The van der Waals surface area contributed by atoms with E-state index in [9.17, 15) is 49.2 Å². The molecule has 4 amide bonds. The van der Waals surface area contributed by atoms with Crippen molar-refractivity contribution in [3.8, 4) is 11.8 Å². The van der Waals surface area contributed by atoms with Crippen LogP contribution in [0.4, 0.5) is 24.5 Å². The van der Waals surface area contributed by atoms with E-state index in [1.54, 1.807) is 23.1 Å². The number of nitrogens with zero attached hydrogens (tertiary/aromatic N) is 6. The lowest BCUT2D eigenvalue weighted by Gasteiger charge is -2.42. The van der Waals surface area contributed by atoms with Gasteiger partial charge in [0.25, 0.3) is 31.7 Å². The van der Waals surface area contributed by atoms with Gasteiger partial charge in [0.2, 0.25) is 11.8 Å². The first kappa shape index (κ1) is 68.6. The molecule has 0 bridgehead atoms. The Morgan fingerprint density at radius 1 is 0.809 bits per heavy atom. The highest BCUT2D eigenvalue weighted by Gasteiger charge is 2.49. The number of piperazine rings is 1. The Morgan fingerprint density at radius 3 is 2.30 bits per heavy atom. The molecule has 0 spiro atoms. The third-order valence-corrected chi connectivity index (χ3v) is 22.9. The number of nitrogens with one attached hydrogen (secondary N) is 3. The second kappa shape index (κ2) is 30.1. The van der Waals surface area contributed by atoms with E-state index in [0.717, 1.165) is 125 Å². The minimum Gasteiger partial charge on any atom is -0.380 e. The number of benzene rings is 5. The zero-order chi connectivity index (χ0) is 66.2. The summed E-state index contributed by atoms with van der Waals surface area (Å²) in [5.74, 6) is 5.05. The molecule has 500 valence electrons. The standard InChI is InChI=1S/C69H79ClF3N9O9S3/c1-68(48-80-30-6-29-77(33-34-80)28-5-8-49-11-21-60-52(42-49)46-82(67(60)86)62-23-24-64(83)75-66(62)85)27-25-59(50-12-16-54(70)17-13-50)53(44-68)45-79-35-37-81(38-36-79)56-18-14-51(15-19-56)65(84)76-94(89,90)58-20-22-61(63(43-58)93(87,88)69(71,72)73)74-55(47-92-57-9-3-2-4-10-57)26-32-78-31-7-40-91-41-39-78/h2-4,9-22,42-43,55,62,74H,6-7,23-41,44-48H2,1H3,(H,76,84)(H,75,83,85)/t55-,62?,68-/m1/s1. The summed E-state index contributed by atoms with van der Waals surface area (Å²) in [6, 6.07) is 30.7. The predicted octanol–water partition coefficient (Wildman–Crippen LogP) is 9.02. The summed E-state index contributed by atoms with van der Waals surface area (Å²) >= 11 is 7.84. The van der Waals surface area contributed by atoms with Gasteiger partial charge in [0, 0.05) is 142 Å². The molecule has 3 atom stereocenters. The highest BCUT2D eigenvalue weighted by atomic mass is 35.5. The first-order valence-corrected chi connectivity index (χ1v) is 36.4. The quantitative estimate of drug-likeness (QED) is 0.0378. The van der Waals surface area contributed by atoms with Crippen LogP contribution in [0.5, 0.6) is 0 Å². The van der Waals surface area contributed by atoms with Crippen LogP contribution in [0, 0.1) is 17.3 Å². The van der Waals surface area contributed by atoms with E-state index in [1.165, 1.54) is 40.6 Å². The van der Waals surface area contributed by atoms with E-state index < -0.39 is 64.7 Å². The number of sulfonamides is 1. The lowest BCUT2D eigenvalue weighted by atomic mass is 9.71. The molecule has 3 N–H and O–H groups in total. The van der Waals surface area contributed by atoms with Crippen LogP contribution in [0.25, 0.3) is 5.57 Å². The number of anilines is 2. The van der Waals surface area contributed by atoms with E-state index in [0.29, 0.717) is 87.7 Å². The molecule has 4 fully saturated rings. The van der Waals surface area contributed by atoms with Gasteiger partial charge < -0.3 is 29.7 Å². The van der Waals surface area contributed by atoms with Gasteiger partial charge in [-0.25, -0.2) is 21.6 Å². The average Bonchev–Trinajstić information content (AvgIpc) is 0.963. The lowest BCUT2D eigenvalue weighted by molar-refractivity contribution is -0.136. The van der Waals surface area contributed by atoms with Gasteiger partial charge in [-0.15, -0.1) is 11.8 Å². The van der Waals surface area contributed by atoms with Crippen molar-refractivity contribution in [1.82, 2.24) is 34.5 Å². The zero-order valence-corrected chi connectivity index (χ0v) is 55.8. The summed E-state index contributed by atoms with van der Waals surface area (Å²) in [6.07, 6.45) is 5.69. The molecule has 1 unspecified atom stereocenters. The fourth-order valence-corrected chi connectivity index (χ4v) is 16.7. The van der Waals surface area contributed by atoms with Crippen LogP contribution in [0.1, 0.15) is 95.7 Å². The number of alkyl halides is 3. The molecule has 94 heavy (non-hydrogen) atoms. The second-order valence-electron chi connectivity index (χ2n) is 25.5. The van der Waals surface area contributed by atoms with Gasteiger partial charge in [-0.2, -0.15) is 13.2 Å². The smallest absolute Gasteiger partial charge is 0.380 e. The Labute approximate surface area is 557 Å². The van der Waals surface area contributed by atoms with Gasteiger partial charge in [0.15, 0.2) is 0 Å². The summed E-state index contributed by atoms with van der Waals surface area (Å²) < 4.78 is 105. The third-order valence-electron chi connectivity index (χ3n) is 18.6. The average molecular weight is 1370 g/mol. The van der Waals surface area contributed by atoms with Crippen molar-refractivity contribution in [3.05, 3.63) is 154 Å². The number of sulfone groups is 1. The van der Waals surface area contributed by atoms with Crippen LogP contribution in [0.15, 0.2) is 136 Å². The highest BCUT2D eigenvalue weighted by Crippen LogP contribution is 2.44. The molecule has 5 aliphatic heterocycles. The molecule has 18 nitrogen and oxygen atoms in total. The maximum Gasteiger partial charge on any atom is 0.501 e. The topological polar surface area (TPSA) is 201 Å².